The Labute approximate surface area is 152 Å². The normalized spacial score (nSPS) is 12.5. The van der Waals surface area contributed by atoms with Crippen molar-refractivity contribution in [1.29, 1.82) is 0 Å². The lowest BCUT2D eigenvalue weighted by Crippen LogP contribution is -2.47. The van der Waals surface area contributed by atoms with E-state index in [1.807, 2.05) is 13.8 Å². The van der Waals surface area contributed by atoms with E-state index in [4.69, 9.17) is 18.9 Å². The summed E-state index contributed by atoms with van der Waals surface area (Å²) in [7, 11) is 4.15. The Balaban J connectivity index is 2.71. The van der Waals surface area contributed by atoms with Gasteiger partial charge in [0.05, 0.1) is 21.3 Å². The van der Waals surface area contributed by atoms with Crippen molar-refractivity contribution in [2.45, 2.75) is 26.3 Å². The van der Waals surface area contributed by atoms with Gasteiger partial charge in [-0.1, -0.05) is 20.3 Å². The highest BCUT2D eigenvalue weighted by molar-refractivity contribution is 5.94. The number of hydrogen-bond donors (Lipinski definition) is 1. The Morgan fingerprint density at radius 3 is 2.35 bits per heavy atom. The van der Waals surface area contributed by atoms with Crippen molar-refractivity contribution < 1.29 is 33.3 Å². The number of carbonyl (C=O) groups excluding carboxylic acids is 3. The first-order chi connectivity index (χ1) is 12.4. The van der Waals surface area contributed by atoms with E-state index < -0.39 is 30.5 Å². The van der Waals surface area contributed by atoms with Crippen LogP contribution in [-0.2, 0) is 19.1 Å². The molecule has 0 heterocycles. The molecule has 0 aliphatic rings. The number of rotatable bonds is 9. The van der Waals surface area contributed by atoms with E-state index in [0.29, 0.717) is 12.2 Å². The first kappa shape index (κ1) is 21.3. The maximum atomic E-state index is 12.2. The summed E-state index contributed by atoms with van der Waals surface area (Å²) in [5.74, 6) is -1.20. The topological polar surface area (TPSA) is 100 Å². The van der Waals surface area contributed by atoms with E-state index in [9.17, 15) is 14.4 Å². The van der Waals surface area contributed by atoms with Gasteiger partial charge >= 0.3 is 11.9 Å². The molecule has 26 heavy (non-hydrogen) atoms. The molecular formula is C18H25NO7. The predicted octanol–water partition coefficient (Wildman–Crippen LogP) is 1.56. The molecule has 0 saturated heterocycles. The Morgan fingerprint density at radius 2 is 1.81 bits per heavy atom. The van der Waals surface area contributed by atoms with Crippen LogP contribution in [0.2, 0.25) is 0 Å². The fraction of sp³-hybridized carbons (Fsp3) is 0.500. The molecule has 144 valence electrons. The first-order valence-corrected chi connectivity index (χ1v) is 8.14. The minimum Gasteiger partial charge on any atom is -0.497 e. The maximum absolute atomic E-state index is 12.2. The molecule has 8 nitrogen and oxygen atoms in total. The standard InChI is InChI=1S/C18H25NO7/c1-6-11(2)16(18(22)25-5)19-15(20)10-26-17(21)13-8-7-12(23-3)9-14(13)24-4/h7-9,11,16H,6,10H2,1-5H3,(H,19,20)/t11-,16+/m0/s1. The lowest BCUT2D eigenvalue weighted by Gasteiger charge is -2.21. The minimum atomic E-state index is -0.799. The van der Waals surface area contributed by atoms with E-state index in [2.05, 4.69) is 5.32 Å². The quantitative estimate of drug-likeness (QED) is 0.661. The van der Waals surface area contributed by atoms with Crippen molar-refractivity contribution >= 4 is 17.8 Å². The van der Waals surface area contributed by atoms with E-state index in [1.165, 1.54) is 33.5 Å². The Hall–Kier alpha value is -2.77. The molecule has 0 radical (unpaired) electrons. The third kappa shape index (κ3) is 5.65. The molecule has 0 bridgehead atoms. The van der Waals surface area contributed by atoms with Gasteiger partial charge in [-0.2, -0.15) is 0 Å². The van der Waals surface area contributed by atoms with Crippen LogP contribution in [0.1, 0.15) is 30.6 Å². The lowest BCUT2D eigenvalue weighted by atomic mass is 9.99. The van der Waals surface area contributed by atoms with E-state index >= 15 is 0 Å². The number of carbonyl (C=O) groups is 3. The van der Waals surface area contributed by atoms with Crippen LogP contribution in [0, 0.1) is 5.92 Å². The van der Waals surface area contributed by atoms with Gasteiger partial charge in [-0.15, -0.1) is 0 Å². The van der Waals surface area contributed by atoms with Crippen LogP contribution < -0.4 is 14.8 Å². The molecule has 2 atom stereocenters. The average Bonchev–Trinajstić information content (AvgIpc) is 2.68. The summed E-state index contributed by atoms with van der Waals surface area (Å²) < 4.78 is 19.9. The molecule has 1 N–H and O–H groups in total. The second kappa shape index (κ2) is 10.3. The molecular weight excluding hydrogens is 342 g/mol. The van der Waals surface area contributed by atoms with Gasteiger partial charge in [-0.3, -0.25) is 4.79 Å². The van der Waals surface area contributed by atoms with Crippen molar-refractivity contribution in [3.8, 4) is 11.5 Å². The third-order valence-electron chi connectivity index (χ3n) is 3.95. The second-order valence-electron chi connectivity index (χ2n) is 5.60. The molecule has 0 aromatic heterocycles. The summed E-state index contributed by atoms with van der Waals surface area (Å²) in [5.41, 5.74) is 0.160. The van der Waals surface area contributed by atoms with Gasteiger partial charge in [-0.25, -0.2) is 9.59 Å². The van der Waals surface area contributed by atoms with Gasteiger partial charge in [0.25, 0.3) is 5.91 Å². The zero-order chi connectivity index (χ0) is 19.7. The summed E-state index contributed by atoms with van der Waals surface area (Å²) >= 11 is 0. The van der Waals surface area contributed by atoms with E-state index in [0.717, 1.165) is 0 Å². The van der Waals surface area contributed by atoms with E-state index in [-0.39, 0.29) is 17.2 Å². The zero-order valence-electron chi connectivity index (χ0n) is 15.7. The second-order valence-corrected chi connectivity index (χ2v) is 5.60. The van der Waals surface area contributed by atoms with Gasteiger partial charge < -0.3 is 24.3 Å². The van der Waals surface area contributed by atoms with E-state index in [1.54, 1.807) is 6.07 Å². The Bertz CT molecular complexity index is 644. The van der Waals surface area contributed by atoms with Crippen molar-refractivity contribution in [1.82, 2.24) is 5.32 Å². The first-order valence-electron chi connectivity index (χ1n) is 8.14. The summed E-state index contributed by atoms with van der Waals surface area (Å²) in [6, 6.07) is 3.79. The van der Waals surface area contributed by atoms with Gasteiger partial charge in [-0.05, 0) is 18.1 Å². The molecule has 0 aliphatic carbocycles. The number of amides is 1. The fourth-order valence-electron chi connectivity index (χ4n) is 2.19. The number of ether oxygens (including phenoxy) is 4. The van der Waals surface area contributed by atoms with Crippen LogP contribution in [0.25, 0.3) is 0 Å². The molecule has 0 unspecified atom stereocenters. The summed E-state index contributed by atoms with van der Waals surface area (Å²) in [6.07, 6.45) is 0.670. The van der Waals surface area contributed by atoms with Crippen LogP contribution in [0.4, 0.5) is 0 Å². The number of methoxy groups -OCH3 is 3. The van der Waals surface area contributed by atoms with Crippen LogP contribution in [0.5, 0.6) is 11.5 Å². The molecule has 1 aromatic carbocycles. The average molecular weight is 367 g/mol. The van der Waals surface area contributed by atoms with Gasteiger partial charge in [0.2, 0.25) is 0 Å². The number of hydrogen-bond acceptors (Lipinski definition) is 7. The Morgan fingerprint density at radius 1 is 1.12 bits per heavy atom. The molecule has 0 fully saturated rings. The minimum absolute atomic E-state index is 0.121. The summed E-state index contributed by atoms with van der Waals surface area (Å²) in [4.78, 5) is 36.0. The van der Waals surface area contributed by atoms with Gasteiger partial charge in [0.15, 0.2) is 6.61 Å². The molecule has 1 aromatic rings. The van der Waals surface area contributed by atoms with Crippen LogP contribution in [-0.4, -0.2) is 51.8 Å². The molecule has 0 aliphatic heterocycles. The lowest BCUT2D eigenvalue weighted by molar-refractivity contribution is -0.147. The number of esters is 2. The van der Waals surface area contributed by atoms with Crippen LogP contribution >= 0.6 is 0 Å². The highest BCUT2D eigenvalue weighted by Gasteiger charge is 2.27. The molecule has 1 amide bonds. The van der Waals surface area contributed by atoms with Crippen LogP contribution in [0.3, 0.4) is 0 Å². The maximum Gasteiger partial charge on any atom is 0.342 e. The van der Waals surface area contributed by atoms with Crippen molar-refractivity contribution in [3.05, 3.63) is 23.8 Å². The van der Waals surface area contributed by atoms with Crippen molar-refractivity contribution in [2.24, 2.45) is 5.92 Å². The van der Waals surface area contributed by atoms with Gasteiger partial charge in [0, 0.05) is 6.07 Å². The predicted molar refractivity (Wildman–Crippen MR) is 93.2 cm³/mol. The third-order valence-corrected chi connectivity index (χ3v) is 3.95. The fourth-order valence-corrected chi connectivity index (χ4v) is 2.19. The largest absolute Gasteiger partial charge is 0.497 e. The summed E-state index contributed by atoms with van der Waals surface area (Å²) in [5, 5.41) is 2.53. The van der Waals surface area contributed by atoms with Crippen molar-refractivity contribution in [2.75, 3.05) is 27.9 Å². The van der Waals surface area contributed by atoms with Gasteiger partial charge in [0.1, 0.15) is 23.1 Å². The zero-order valence-corrected chi connectivity index (χ0v) is 15.7. The Kier molecular flexibility index (Phi) is 8.41. The SMILES string of the molecule is CC[C@H](C)[C@@H](NC(=O)COC(=O)c1ccc(OC)cc1OC)C(=O)OC. The molecule has 0 saturated carbocycles. The number of benzene rings is 1. The molecule has 1 rings (SSSR count). The number of nitrogens with one attached hydrogen (secondary N) is 1. The molecule has 0 spiro atoms. The highest BCUT2D eigenvalue weighted by Crippen LogP contribution is 2.25. The van der Waals surface area contributed by atoms with Crippen molar-refractivity contribution in [3.63, 3.8) is 0 Å². The smallest absolute Gasteiger partial charge is 0.342 e. The van der Waals surface area contributed by atoms with Crippen LogP contribution in [0.15, 0.2) is 18.2 Å². The monoisotopic (exact) mass is 367 g/mol. The molecule has 8 heteroatoms. The highest BCUT2D eigenvalue weighted by atomic mass is 16.5. The summed E-state index contributed by atoms with van der Waals surface area (Å²) in [6.45, 7) is 3.18.